The molecule has 9 heteroatoms. The summed E-state index contributed by atoms with van der Waals surface area (Å²) in [5.41, 5.74) is 1.21. The fraction of sp³-hybridized carbons (Fsp3) is 0.625. The number of likely N-dealkylation sites (tertiary alicyclic amines) is 1. The normalized spacial score (nSPS) is 26.3. The number of fused-ring (bicyclic) bond motifs is 1. The van der Waals surface area contributed by atoms with Gasteiger partial charge in [-0.25, -0.2) is 8.42 Å². The van der Waals surface area contributed by atoms with Gasteiger partial charge in [-0.05, 0) is 43.4 Å². The summed E-state index contributed by atoms with van der Waals surface area (Å²) in [7, 11) is -3.68. The number of piperidine rings is 2. The Kier molecular flexibility index (Phi) is 5.79. The van der Waals surface area contributed by atoms with Crippen LogP contribution >= 0.6 is 0 Å². The Bertz CT molecular complexity index is 1150. The van der Waals surface area contributed by atoms with Gasteiger partial charge < -0.3 is 18.8 Å². The minimum absolute atomic E-state index is 0.121. The predicted octanol–water partition coefficient (Wildman–Crippen LogP) is 3.39. The number of hydrogen-bond acceptors (Lipinski definition) is 6. The van der Waals surface area contributed by atoms with Gasteiger partial charge in [-0.2, -0.15) is 4.31 Å². The van der Waals surface area contributed by atoms with Crippen LogP contribution in [0.5, 0.6) is 0 Å². The van der Waals surface area contributed by atoms with Crippen LogP contribution in [0.15, 0.2) is 27.5 Å². The number of sulfonamides is 1. The lowest BCUT2D eigenvalue weighted by atomic mass is 9.91. The maximum Gasteiger partial charge on any atom is 0.289 e. The highest BCUT2D eigenvalue weighted by atomic mass is 32.2. The van der Waals surface area contributed by atoms with Crippen molar-refractivity contribution in [3.8, 4) is 0 Å². The number of carbonyl (C=O) groups excluding carboxylic acids is 1. The van der Waals surface area contributed by atoms with Crippen LogP contribution in [-0.2, 0) is 19.5 Å². The lowest BCUT2D eigenvalue weighted by Crippen LogP contribution is -2.47. The van der Waals surface area contributed by atoms with E-state index in [-0.39, 0.29) is 10.8 Å². The predicted molar refractivity (Wildman–Crippen MR) is 122 cm³/mol. The number of nitrogens with zero attached hydrogens (tertiary/aromatic N) is 2. The molecule has 4 heterocycles. The quantitative estimate of drug-likeness (QED) is 0.675. The first-order chi connectivity index (χ1) is 15.7. The summed E-state index contributed by atoms with van der Waals surface area (Å²) in [6, 6.07) is 4.85. The second-order valence-corrected chi connectivity index (χ2v) is 11.8. The zero-order valence-electron chi connectivity index (χ0n) is 19.5. The Morgan fingerprint density at radius 3 is 2.33 bits per heavy atom. The highest BCUT2D eigenvalue weighted by molar-refractivity contribution is 7.89. The van der Waals surface area contributed by atoms with Crippen LogP contribution in [0.1, 0.15) is 49.2 Å². The van der Waals surface area contributed by atoms with Crippen LogP contribution in [-0.4, -0.2) is 68.7 Å². The maximum absolute atomic E-state index is 13.3. The van der Waals surface area contributed by atoms with E-state index < -0.39 is 15.8 Å². The molecule has 2 atom stereocenters. The summed E-state index contributed by atoms with van der Waals surface area (Å²) in [5, 5.41) is 0.661. The SMILES string of the molecule is Cc1c(C(=O)N2C[C@H](C)C[C@@H](C)C2)oc2ccc(S(=O)(=O)N3CCC4(CC3)OCCO4)cc12. The van der Waals surface area contributed by atoms with Crippen LogP contribution in [0.4, 0.5) is 0 Å². The van der Waals surface area contributed by atoms with Crippen molar-refractivity contribution in [1.29, 1.82) is 0 Å². The molecule has 0 saturated carbocycles. The van der Waals surface area contributed by atoms with E-state index in [9.17, 15) is 13.2 Å². The van der Waals surface area contributed by atoms with Gasteiger partial charge in [0.2, 0.25) is 10.0 Å². The molecule has 8 nitrogen and oxygen atoms in total. The first-order valence-corrected chi connectivity index (χ1v) is 13.2. The van der Waals surface area contributed by atoms with Crippen molar-refractivity contribution < 1.29 is 27.1 Å². The van der Waals surface area contributed by atoms with Crippen molar-refractivity contribution in [3.63, 3.8) is 0 Å². The van der Waals surface area contributed by atoms with Crippen molar-refractivity contribution in [2.45, 2.75) is 50.7 Å². The Balaban J connectivity index is 1.39. The molecule has 180 valence electrons. The van der Waals surface area contributed by atoms with E-state index in [1.807, 2.05) is 11.8 Å². The second-order valence-electron chi connectivity index (χ2n) is 9.88. The molecule has 0 unspecified atom stereocenters. The van der Waals surface area contributed by atoms with Gasteiger partial charge in [-0.15, -0.1) is 0 Å². The molecular formula is C24H32N2O6S. The molecule has 3 saturated heterocycles. The third kappa shape index (κ3) is 4.09. The van der Waals surface area contributed by atoms with E-state index in [0.717, 1.165) is 6.42 Å². The molecule has 5 rings (SSSR count). The molecule has 0 radical (unpaired) electrons. The molecule has 3 aliphatic rings. The van der Waals surface area contributed by atoms with E-state index in [2.05, 4.69) is 13.8 Å². The zero-order chi connectivity index (χ0) is 23.4. The van der Waals surface area contributed by atoms with Crippen LogP contribution < -0.4 is 0 Å². The molecule has 1 amide bonds. The topological polar surface area (TPSA) is 89.3 Å². The summed E-state index contributed by atoms with van der Waals surface area (Å²) in [4.78, 5) is 15.3. The highest BCUT2D eigenvalue weighted by Gasteiger charge is 2.42. The molecule has 3 aliphatic heterocycles. The standard InChI is InChI=1S/C24H32N2O6S/c1-16-12-17(2)15-25(14-16)23(27)22-18(3)20-13-19(4-5-21(20)32-22)33(28,29)26-8-6-24(7-9-26)30-10-11-31-24/h4-5,13,16-17H,6-12,14-15H2,1-3H3/t16-,17-/m1/s1. The van der Waals surface area contributed by atoms with Crippen LogP contribution in [0.25, 0.3) is 11.0 Å². The number of furan rings is 1. The molecule has 0 N–H and O–H groups in total. The number of ether oxygens (including phenoxy) is 2. The van der Waals surface area contributed by atoms with Crippen molar-refractivity contribution in [2.75, 3.05) is 39.4 Å². The molecule has 0 aliphatic carbocycles. The summed E-state index contributed by atoms with van der Waals surface area (Å²) >= 11 is 0. The highest BCUT2D eigenvalue weighted by Crippen LogP contribution is 2.35. The molecule has 1 aromatic heterocycles. The van der Waals surface area contributed by atoms with E-state index in [0.29, 0.717) is 86.4 Å². The van der Waals surface area contributed by atoms with Crippen molar-refractivity contribution in [1.82, 2.24) is 9.21 Å². The molecule has 33 heavy (non-hydrogen) atoms. The lowest BCUT2D eigenvalue weighted by molar-refractivity contribution is -0.179. The number of rotatable bonds is 3. The smallest absolute Gasteiger partial charge is 0.289 e. The molecule has 1 spiro atoms. The van der Waals surface area contributed by atoms with Gasteiger partial charge in [0.1, 0.15) is 5.58 Å². The summed E-state index contributed by atoms with van der Waals surface area (Å²) in [6.07, 6.45) is 2.15. The molecular weight excluding hydrogens is 444 g/mol. The zero-order valence-corrected chi connectivity index (χ0v) is 20.3. The second kappa shape index (κ2) is 8.37. The van der Waals surface area contributed by atoms with Gasteiger partial charge in [-0.1, -0.05) is 13.8 Å². The average Bonchev–Trinajstić information content (AvgIpc) is 3.37. The van der Waals surface area contributed by atoms with E-state index >= 15 is 0 Å². The number of hydrogen-bond donors (Lipinski definition) is 0. The van der Waals surface area contributed by atoms with Crippen LogP contribution in [0.3, 0.4) is 0 Å². The number of benzene rings is 1. The van der Waals surface area contributed by atoms with Gasteiger partial charge in [0.25, 0.3) is 5.91 Å². The van der Waals surface area contributed by atoms with E-state index in [1.165, 1.54) is 4.31 Å². The maximum atomic E-state index is 13.3. The first kappa shape index (κ1) is 22.8. The first-order valence-electron chi connectivity index (χ1n) is 11.8. The minimum Gasteiger partial charge on any atom is -0.451 e. The van der Waals surface area contributed by atoms with E-state index in [1.54, 1.807) is 18.2 Å². The lowest BCUT2D eigenvalue weighted by Gasteiger charge is -2.36. The fourth-order valence-corrected chi connectivity index (χ4v) is 7.01. The summed E-state index contributed by atoms with van der Waals surface area (Å²) < 4.78 is 45.5. The average molecular weight is 477 g/mol. The van der Waals surface area contributed by atoms with Crippen molar-refractivity contribution >= 4 is 26.9 Å². The fourth-order valence-electron chi connectivity index (χ4n) is 5.54. The Labute approximate surface area is 194 Å². The Morgan fingerprint density at radius 2 is 1.70 bits per heavy atom. The third-order valence-electron chi connectivity index (χ3n) is 7.19. The largest absolute Gasteiger partial charge is 0.451 e. The summed E-state index contributed by atoms with van der Waals surface area (Å²) in [6.45, 7) is 9.37. The molecule has 2 aromatic rings. The van der Waals surface area contributed by atoms with Gasteiger partial charge in [0.15, 0.2) is 11.5 Å². The van der Waals surface area contributed by atoms with Crippen molar-refractivity contribution in [2.24, 2.45) is 11.8 Å². The summed E-state index contributed by atoms with van der Waals surface area (Å²) in [5.74, 6) is 0.446. The van der Waals surface area contributed by atoms with Crippen molar-refractivity contribution in [3.05, 3.63) is 29.5 Å². The molecule has 3 fully saturated rings. The number of carbonyl (C=O) groups is 1. The molecule has 1 aromatic carbocycles. The third-order valence-corrected chi connectivity index (χ3v) is 9.09. The Morgan fingerprint density at radius 1 is 1.06 bits per heavy atom. The van der Waals surface area contributed by atoms with Crippen LogP contribution in [0.2, 0.25) is 0 Å². The van der Waals surface area contributed by atoms with Gasteiger partial charge in [0.05, 0.1) is 18.1 Å². The van der Waals surface area contributed by atoms with Gasteiger partial charge >= 0.3 is 0 Å². The van der Waals surface area contributed by atoms with Gasteiger partial charge in [-0.3, -0.25) is 4.79 Å². The Hall–Kier alpha value is -1.94. The minimum atomic E-state index is -3.68. The number of amides is 1. The number of aryl methyl sites for hydroxylation is 1. The van der Waals surface area contributed by atoms with Gasteiger partial charge in [0, 0.05) is 50.0 Å². The molecule has 0 bridgehead atoms. The van der Waals surface area contributed by atoms with E-state index in [4.69, 9.17) is 13.9 Å². The monoisotopic (exact) mass is 476 g/mol. The van der Waals surface area contributed by atoms with Crippen LogP contribution in [0, 0.1) is 18.8 Å².